The molecule has 0 fully saturated rings. The van der Waals surface area contributed by atoms with Crippen molar-refractivity contribution < 1.29 is 5.11 Å². The number of alkyl halides is 1. The molecule has 74 valence electrons. The standard InChI is InChI=1S/C10H10ClNOS/c11-4-6-3-7(5-13)9(12)10-8(6)1-2-14-10/h1-3,13H,4-5,12H2. The molecule has 4 heteroatoms. The van der Waals surface area contributed by atoms with Gasteiger partial charge in [0.1, 0.15) is 0 Å². The van der Waals surface area contributed by atoms with E-state index in [4.69, 9.17) is 22.4 Å². The van der Waals surface area contributed by atoms with E-state index >= 15 is 0 Å². The number of aliphatic hydroxyl groups excluding tert-OH is 1. The molecule has 1 heterocycles. The molecule has 0 aliphatic rings. The molecule has 0 aliphatic heterocycles. The van der Waals surface area contributed by atoms with Crippen LogP contribution >= 0.6 is 22.9 Å². The van der Waals surface area contributed by atoms with Crippen LogP contribution in [-0.4, -0.2) is 5.11 Å². The lowest BCUT2D eigenvalue weighted by Crippen LogP contribution is -1.96. The predicted molar refractivity (Wildman–Crippen MR) is 61.7 cm³/mol. The monoisotopic (exact) mass is 227 g/mol. The topological polar surface area (TPSA) is 46.2 Å². The third-order valence-electron chi connectivity index (χ3n) is 2.26. The molecule has 2 aromatic rings. The molecule has 0 saturated carbocycles. The molecule has 3 N–H and O–H groups in total. The van der Waals surface area contributed by atoms with Crippen LogP contribution in [0.5, 0.6) is 0 Å². The molecule has 0 spiro atoms. The lowest BCUT2D eigenvalue weighted by molar-refractivity contribution is 0.282. The van der Waals surface area contributed by atoms with Crippen molar-refractivity contribution in [3.63, 3.8) is 0 Å². The number of rotatable bonds is 2. The fraction of sp³-hybridized carbons (Fsp3) is 0.200. The van der Waals surface area contributed by atoms with E-state index in [2.05, 4.69) is 0 Å². The average Bonchev–Trinajstić information content (AvgIpc) is 2.68. The third kappa shape index (κ3) is 1.38. The maximum atomic E-state index is 9.12. The first-order valence-electron chi connectivity index (χ1n) is 4.22. The summed E-state index contributed by atoms with van der Waals surface area (Å²) < 4.78 is 1.02. The van der Waals surface area contributed by atoms with Crippen molar-refractivity contribution in [3.8, 4) is 0 Å². The highest BCUT2D eigenvalue weighted by Crippen LogP contribution is 2.33. The number of hydrogen-bond acceptors (Lipinski definition) is 3. The van der Waals surface area contributed by atoms with Gasteiger partial charge in [0.15, 0.2) is 0 Å². The Labute approximate surface area is 90.9 Å². The van der Waals surface area contributed by atoms with E-state index in [1.165, 1.54) is 0 Å². The Balaban J connectivity index is 2.80. The Morgan fingerprint density at radius 2 is 2.21 bits per heavy atom. The molecule has 1 aromatic carbocycles. The van der Waals surface area contributed by atoms with Gasteiger partial charge in [0, 0.05) is 11.4 Å². The SMILES string of the molecule is Nc1c(CO)cc(CCl)c2ccsc12. The lowest BCUT2D eigenvalue weighted by Gasteiger charge is -2.07. The summed E-state index contributed by atoms with van der Waals surface area (Å²) >= 11 is 7.40. The summed E-state index contributed by atoms with van der Waals surface area (Å²) in [6.07, 6.45) is 0. The highest BCUT2D eigenvalue weighted by Gasteiger charge is 2.09. The summed E-state index contributed by atoms with van der Waals surface area (Å²) in [5, 5.41) is 12.2. The van der Waals surface area contributed by atoms with Gasteiger partial charge in [-0.2, -0.15) is 0 Å². The second-order valence-electron chi connectivity index (χ2n) is 3.06. The quantitative estimate of drug-likeness (QED) is 0.612. The van der Waals surface area contributed by atoms with Gasteiger partial charge in [0.05, 0.1) is 17.0 Å². The maximum Gasteiger partial charge on any atom is 0.0702 e. The van der Waals surface area contributed by atoms with E-state index in [-0.39, 0.29) is 6.61 Å². The van der Waals surface area contributed by atoms with E-state index in [1.54, 1.807) is 11.3 Å². The Kier molecular flexibility index (Phi) is 2.63. The normalized spacial score (nSPS) is 11.0. The van der Waals surface area contributed by atoms with Gasteiger partial charge in [0.25, 0.3) is 0 Å². The Morgan fingerprint density at radius 1 is 1.43 bits per heavy atom. The van der Waals surface area contributed by atoms with Crippen molar-refractivity contribution in [2.45, 2.75) is 12.5 Å². The number of halogens is 1. The third-order valence-corrected chi connectivity index (χ3v) is 3.50. The van der Waals surface area contributed by atoms with Gasteiger partial charge in [-0.05, 0) is 28.5 Å². The summed E-state index contributed by atoms with van der Waals surface area (Å²) in [5.74, 6) is 0.445. The molecule has 0 atom stereocenters. The fourth-order valence-electron chi connectivity index (χ4n) is 1.52. The smallest absolute Gasteiger partial charge is 0.0702 e. The van der Waals surface area contributed by atoms with Gasteiger partial charge < -0.3 is 10.8 Å². The van der Waals surface area contributed by atoms with Crippen molar-refractivity contribution >= 4 is 38.7 Å². The van der Waals surface area contributed by atoms with Crippen LogP contribution in [0.4, 0.5) is 5.69 Å². The second kappa shape index (κ2) is 3.77. The van der Waals surface area contributed by atoms with Crippen LogP contribution in [-0.2, 0) is 12.5 Å². The summed E-state index contributed by atoms with van der Waals surface area (Å²) in [6, 6.07) is 3.88. The number of anilines is 1. The molecule has 0 amide bonds. The first kappa shape index (κ1) is 9.77. The van der Waals surface area contributed by atoms with Crippen LogP contribution in [0.15, 0.2) is 17.5 Å². The number of hydrogen-bond donors (Lipinski definition) is 2. The van der Waals surface area contributed by atoms with Crippen molar-refractivity contribution in [1.29, 1.82) is 0 Å². The second-order valence-corrected chi connectivity index (χ2v) is 4.25. The van der Waals surface area contributed by atoms with Gasteiger partial charge in [-0.25, -0.2) is 0 Å². The van der Waals surface area contributed by atoms with Gasteiger partial charge >= 0.3 is 0 Å². The summed E-state index contributed by atoms with van der Waals surface area (Å²) in [5.41, 5.74) is 8.37. The molecular weight excluding hydrogens is 218 g/mol. The average molecular weight is 228 g/mol. The molecule has 0 radical (unpaired) electrons. The van der Waals surface area contributed by atoms with Gasteiger partial charge in [0.2, 0.25) is 0 Å². The van der Waals surface area contributed by atoms with Crippen LogP contribution in [0.2, 0.25) is 0 Å². The molecular formula is C10H10ClNOS. The summed E-state index contributed by atoms with van der Waals surface area (Å²) in [6.45, 7) is -0.0381. The van der Waals surface area contributed by atoms with Gasteiger partial charge in [-0.3, -0.25) is 0 Å². The predicted octanol–water partition coefficient (Wildman–Crippen LogP) is 2.71. The van der Waals surface area contributed by atoms with Gasteiger partial charge in [-0.1, -0.05) is 0 Å². The number of nitrogen functional groups attached to an aromatic ring is 1. The van der Waals surface area contributed by atoms with Crippen LogP contribution in [0, 0.1) is 0 Å². The number of benzene rings is 1. The Morgan fingerprint density at radius 3 is 2.86 bits per heavy atom. The maximum absolute atomic E-state index is 9.12. The van der Waals surface area contributed by atoms with Crippen LogP contribution in [0.1, 0.15) is 11.1 Å². The minimum absolute atomic E-state index is 0.0381. The Bertz CT molecular complexity index is 466. The first-order chi connectivity index (χ1) is 6.77. The highest BCUT2D eigenvalue weighted by molar-refractivity contribution is 7.17. The number of fused-ring (bicyclic) bond motifs is 1. The number of aliphatic hydroxyl groups is 1. The van der Waals surface area contributed by atoms with Crippen molar-refractivity contribution in [3.05, 3.63) is 28.6 Å². The van der Waals surface area contributed by atoms with E-state index in [1.807, 2.05) is 17.5 Å². The fourth-order valence-corrected chi connectivity index (χ4v) is 2.67. The highest BCUT2D eigenvalue weighted by atomic mass is 35.5. The number of thiophene rings is 1. The van der Waals surface area contributed by atoms with Crippen LogP contribution in [0.3, 0.4) is 0 Å². The molecule has 0 aliphatic carbocycles. The van der Waals surface area contributed by atoms with E-state index in [0.29, 0.717) is 11.6 Å². The molecule has 2 rings (SSSR count). The molecule has 14 heavy (non-hydrogen) atoms. The van der Waals surface area contributed by atoms with Crippen LogP contribution in [0.25, 0.3) is 10.1 Å². The zero-order valence-electron chi connectivity index (χ0n) is 7.46. The molecule has 2 nitrogen and oxygen atoms in total. The van der Waals surface area contributed by atoms with Crippen LogP contribution < -0.4 is 5.73 Å². The largest absolute Gasteiger partial charge is 0.397 e. The zero-order chi connectivity index (χ0) is 10.1. The van der Waals surface area contributed by atoms with Crippen molar-refractivity contribution in [2.24, 2.45) is 0 Å². The van der Waals surface area contributed by atoms with E-state index in [0.717, 1.165) is 21.2 Å². The van der Waals surface area contributed by atoms with Crippen molar-refractivity contribution in [2.75, 3.05) is 5.73 Å². The lowest BCUT2D eigenvalue weighted by atomic mass is 10.1. The summed E-state index contributed by atoms with van der Waals surface area (Å²) in [4.78, 5) is 0. The first-order valence-corrected chi connectivity index (χ1v) is 5.63. The molecule has 0 saturated heterocycles. The molecule has 0 unspecified atom stereocenters. The Hall–Kier alpha value is -0.770. The minimum atomic E-state index is -0.0381. The molecule has 1 aromatic heterocycles. The van der Waals surface area contributed by atoms with E-state index in [9.17, 15) is 0 Å². The molecule has 0 bridgehead atoms. The van der Waals surface area contributed by atoms with Crippen molar-refractivity contribution in [1.82, 2.24) is 0 Å². The minimum Gasteiger partial charge on any atom is -0.397 e. The summed E-state index contributed by atoms with van der Waals surface area (Å²) in [7, 11) is 0. The number of nitrogens with two attached hydrogens (primary N) is 1. The van der Waals surface area contributed by atoms with E-state index < -0.39 is 0 Å². The zero-order valence-corrected chi connectivity index (χ0v) is 9.03. The van der Waals surface area contributed by atoms with Gasteiger partial charge in [-0.15, -0.1) is 22.9 Å².